The lowest BCUT2D eigenvalue weighted by atomic mass is 10.0. The summed E-state index contributed by atoms with van der Waals surface area (Å²) in [6.07, 6.45) is 0. The molecule has 142 valence electrons. The van der Waals surface area contributed by atoms with E-state index in [1.807, 2.05) is 55.5 Å². The van der Waals surface area contributed by atoms with Gasteiger partial charge in [-0.2, -0.15) is 0 Å². The third-order valence-corrected chi connectivity index (χ3v) is 6.10. The Kier molecular flexibility index (Phi) is 5.23. The van der Waals surface area contributed by atoms with Gasteiger partial charge < -0.3 is 0 Å². The zero-order chi connectivity index (χ0) is 19.6. The number of aromatic nitrogens is 2. The van der Waals surface area contributed by atoms with E-state index in [9.17, 15) is 13.2 Å². The fourth-order valence-electron chi connectivity index (χ4n) is 3.09. The first kappa shape index (κ1) is 19.0. The Morgan fingerprint density at radius 2 is 1.56 bits per heavy atom. The second-order valence-electron chi connectivity index (χ2n) is 6.63. The van der Waals surface area contributed by atoms with Gasteiger partial charge in [-0.05, 0) is 30.5 Å². The van der Waals surface area contributed by atoms with Crippen molar-refractivity contribution in [1.29, 1.82) is 0 Å². The number of nitrogens with zero attached hydrogens (tertiary/aromatic N) is 2. The number of sulfonamides is 1. The average Bonchev–Trinajstić information content (AvgIpc) is 2.86. The van der Waals surface area contributed by atoms with E-state index in [2.05, 4.69) is 4.72 Å². The molecule has 0 spiro atoms. The van der Waals surface area contributed by atoms with E-state index in [1.54, 1.807) is 30.8 Å². The molecule has 3 rings (SSSR count). The topological polar surface area (TPSA) is 73.1 Å². The fourth-order valence-corrected chi connectivity index (χ4v) is 4.57. The highest BCUT2D eigenvalue weighted by Gasteiger charge is 2.23. The number of nitrogens with one attached hydrogen (secondary N) is 1. The Hall–Kier alpha value is -2.80. The molecule has 2 aromatic carbocycles. The van der Waals surface area contributed by atoms with E-state index in [4.69, 9.17) is 0 Å². The highest BCUT2D eigenvalue weighted by molar-refractivity contribution is 7.92. The van der Waals surface area contributed by atoms with Gasteiger partial charge in [0.05, 0.1) is 17.1 Å². The third kappa shape index (κ3) is 3.98. The van der Waals surface area contributed by atoms with Crippen molar-refractivity contribution in [3.8, 4) is 5.69 Å². The van der Waals surface area contributed by atoms with Crippen LogP contribution in [0, 0.1) is 6.92 Å². The molecular weight excluding hydrogens is 362 g/mol. The van der Waals surface area contributed by atoms with Crippen LogP contribution >= 0.6 is 0 Å². The lowest BCUT2D eigenvalue weighted by Gasteiger charge is -2.13. The number of hydrogen-bond acceptors (Lipinski definition) is 3. The minimum atomic E-state index is -3.69. The van der Waals surface area contributed by atoms with Gasteiger partial charge in [-0.1, -0.05) is 55.5 Å². The number of hydrogen-bond donors (Lipinski definition) is 1. The first-order valence-electron chi connectivity index (χ1n) is 8.69. The van der Waals surface area contributed by atoms with Gasteiger partial charge in [-0.3, -0.25) is 14.2 Å². The van der Waals surface area contributed by atoms with E-state index in [-0.39, 0.29) is 17.4 Å². The highest BCUT2D eigenvalue weighted by Crippen LogP contribution is 2.20. The van der Waals surface area contributed by atoms with Crippen LogP contribution in [0.2, 0.25) is 0 Å². The largest absolute Gasteiger partial charge is 0.296 e. The van der Waals surface area contributed by atoms with Crippen molar-refractivity contribution in [3.63, 3.8) is 0 Å². The monoisotopic (exact) mass is 385 g/mol. The third-order valence-electron chi connectivity index (χ3n) is 4.65. The normalized spacial score (nSPS) is 12.7. The second-order valence-corrected chi connectivity index (χ2v) is 8.40. The summed E-state index contributed by atoms with van der Waals surface area (Å²) in [5, 5.41) is 0. The minimum Gasteiger partial charge on any atom is -0.283 e. The van der Waals surface area contributed by atoms with Crippen molar-refractivity contribution in [2.75, 3.05) is 10.5 Å². The summed E-state index contributed by atoms with van der Waals surface area (Å²) in [7, 11) is -1.96. The molecule has 1 N–H and O–H groups in total. The highest BCUT2D eigenvalue weighted by atomic mass is 32.2. The van der Waals surface area contributed by atoms with Gasteiger partial charge >= 0.3 is 0 Å². The molecular formula is C20H23N3O3S. The maximum atomic E-state index is 12.9. The second kappa shape index (κ2) is 7.44. The quantitative estimate of drug-likeness (QED) is 0.709. The first-order valence-corrected chi connectivity index (χ1v) is 10.3. The van der Waals surface area contributed by atoms with Gasteiger partial charge in [0, 0.05) is 7.05 Å². The Labute approximate surface area is 159 Å². The van der Waals surface area contributed by atoms with Crippen molar-refractivity contribution in [3.05, 3.63) is 82.3 Å². The molecule has 7 heteroatoms. The average molecular weight is 385 g/mol. The standard InChI is InChI=1S/C20H23N3O3S/c1-15(17-10-6-4-7-11-17)14-27(25,26)21-19-16(2)22(3)23(20(19)24)18-12-8-5-9-13-18/h4-13,15,21H,14H2,1-3H3/t15-/m0/s1. The first-order chi connectivity index (χ1) is 12.8. The molecule has 0 aliphatic carbocycles. The molecule has 0 saturated carbocycles. The van der Waals surface area contributed by atoms with Gasteiger partial charge in [0.25, 0.3) is 5.56 Å². The van der Waals surface area contributed by atoms with Gasteiger partial charge in [-0.25, -0.2) is 13.1 Å². The van der Waals surface area contributed by atoms with Crippen LogP contribution in [-0.2, 0) is 17.1 Å². The van der Waals surface area contributed by atoms with E-state index >= 15 is 0 Å². The molecule has 0 saturated heterocycles. The summed E-state index contributed by atoms with van der Waals surface area (Å²) in [4.78, 5) is 12.9. The Balaban J connectivity index is 1.90. The summed E-state index contributed by atoms with van der Waals surface area (Å²) in [5.74, 6) is -0.292. The zero-order valence-electron chi connectivity index (χ0n) is 15.6. The zero-order valence-corrected chi connectivity index (χ0v) is 16.4. The Bertz CT molecular complexity index is 1080. The van der Waals surface area contributed by atoms with Crippen LogP contribution in [0.25, 0.3) is 5.69 Å². The van der Waals surface area contributed by atoms with Gasteiger partial charge in [0.1, 0.15) is 5.69 Å². The fraction of sp³-hybridized carbons (Fsp3) is 0.250. The van der Waals surface area contributed by atoms with Gasteiger partial charge in [0.15, 0.2) is 0 Å². The minimum absolute atomic E-state index is 0.0848. The number of benzene rings is 2. The molecule has 0 radical (unpaired) electrons. The molecule has 6 nitrogen and oxygen atoms in total. The number of para-hydroxylation sites is 1. The Morgan fingerprint density at radius 3 is 2.15 bits per heavy atom. The summed E-state index contributed by atoms with van der Waals surface area (Å²) < 4.78 is 31.0. The Morgan fingerprint density at radius 1 is 1.00 bits per heavy atom. The van der Waals surface area contributed by atoms with Crippen LogP contribution in [0.3, 0.4) is 0 Å². The van der Waals surface area contributed by atoms with E-state index in [1.165, 1.54) is 4.68 Å². The number of rotatable bonds is 6. The molecule has 1 atom stereocenters. The molecule has 0 aliphatic heterocycles. The number of anilines is 1. The molecule has 0 unspecified atom stereocenters. The van der Waals surface area contributed by atoms with Gasteiger partial charge in [-0.15, -0.1) is 0 Å². The van der Waals surface area contributed by atoms with Crippen LogP contribution in [0.5, 0.6) is 0 Å². The molecule has 27 heavy (non-hydrogen) atoms. The van der Waals surface area contributed by atoms with Crippen LogP contribution in [0.4, 0.5) is 5.69 Å². The van der Waals surface area contributed by atoms with Crippen molar-refractivity contribution >= 4 is 15.7 Å². The van der Waals surface area contributed by atoms with E-state index in [0.717, 1.165) is 5.56 Å². The van der Waals surface area contributed by atoms with Crippen molar-refractivity contribution in [2.45, 2.75) is 19.8 Å². The predicted molar refractivity (Wildman–Crippen MR) is 108 cm³/mol. The van der Waals surface area contributed by atoms with Crippen molar-refractivity contribution in [1.82, 2.24) is 9.36 Å². The van der Waals surface area contributed by atoms with E-state index < -0.39 is 15.6 Å². The lowest BCUT2D eigenvalue weighted by molar-refractivity contribution is 0.595. The molecule has 3 aromatic rings. The smallest absolute Gasteiger partial charge is 0.283 e. The molecule has 0 bridgehead atoms. The van der Waals surface area contributed by atoms with Crippen LogP contribution in [-0.4, -0.2) is 23.5 Å². The molecule has 0 aliphatic rings. The van der Waals surface area contributed by atoms with E-state index in [0.29, 0.717) is 11.4 Å². The maximum Gasteiger partial charge on any atom is 0.296 e. The van der Waals surface area contributed by atoms with Crippen LogP contribution < -0.4 is 10.3 Å². The lowest BCUT2D eigenvalue weighted by Crippen LogP contribution is -2.25. The van der Waals surface area contributed by atoms with Gasteiger partial charge in [0.2, 0.25) is 10.0 Å². The molecule has 1 aromatic heterocycles. The van der Waals surface area contributed by atoms with Crippen LogP contribution in [0.15, 0.2) is 65.5 Å². The summed E-state index contributed by atoms with van der Waals surface area (Å²) in [5.41, 5.74) is 1.86. The van der Waals surface area contributed by atoms with Crippen LogP contribution in [0.1, 0.15) is 24.1 Å². The molecule has 1 heterocycles. The van der Waals surface area contributed by atoms with Crippen molar-refractivity contribution < 1.29 is 8.42 Å². The summed E-state index contributed by atoms with van der Waals surface area (Å²) >= 11 is 0. The summed E-state index contributed by atoms with van der Waals surface area (Å²) in [6, 6.07) is 18.6. The SMILES string of the molecule is Cc1c(NS(=O)(=O)C[C@H](C)c2ccccc2)c(=O)n(-c2ccccc2)n1C. The predicted octanol–water partition coefficient (Wildman–Crippen LogP) is 3.03. The summed E-state index contributed by atoms with van der Waals surface area (Å²) in [6.45, 7) is 3.58. The molecule has 0 fully saturated rings. The maximum absolute atomic E-state index is 12.9. The molecule has 0 amide bonds. The van der Waals surface area contributed by atoms with Crippen molar-refractivity contribution in [2.24, 2.45) is 7.05 Å².